The number of nitrogens with zero attached hydrogens (tertiary/aromatic N) is 1. The molecule has 0 bridgehead atoms. The summed E-state index contributed by atoms with van der Waals surface area (Å²) in [5.41, 5.74) is 2.34. The summed E-state index contributed by atoms with van der Waals surface area (Å²) in [6, 6.07) is 11.0. The minimum absolute atomic E-state index is 0.0257. The lowest BCUT2D eigenvalue weighted by Gasteiger charge is -2.28. The molecule has 1 heterocycles. The fraction of sp³-hybridized carbons (Fsp3) is 0.364. The lowest BCUT2D eigenvalue weighted by Crippen LogP contribution is -2.47. The average molecular weight is 432 g/mol. The van der Waals surface area contributed by atoms with E-state index in [1.54, 1.807) is 12.1 Å². The van der Waals surface area contributed by atoms with E-state index in [0.717, 1.165) is 24.2 Å². The Morgan fingerprint density at radius 1 is 1.27 bits per heavy atom. The topological polar surface area (TPSA) is 79.9 Å². The maximum absolute atomic E-state index is 12.6. The summed E-state index contributed by atoms with van der Waals surface area (Å²) in [4.78, 5) is 26.2. The Kier molecular flexibility index (Phi) is 7.41. The second-order valence-electron chi connectivity index (χ2n) is 6.96. The summed E-state index contributed by atoms with van der Waals surface area (Å²) in [6.07, 6.45) is 0.839. The normalized spacial score (nSPS) is 13.6. The molecule has 0 aromatic heterocycles. The largest absolute Gasteiger partial charge is 0.493 e. The maximum Gasteiger partial charge on any atom is 0.251 e. The summed E-state index contributed by atoms with van der Waals surface area (Å²) >= 11 is 6.29. The van der Waals surface area contributed by atoms with Gasteiger partial charge < -0.3 is 25.0 Å². The van der Waals surface area contributed by atoms with Gasteiger partial charge in [-0.3, -0.25) is 9.59 Å². The van der Waals surface area contributed by atoms with Crippen LogP contribution in [0.1, 0.15) is 29.3 Å². The van der Waals surface area contributed by atoms with Crippen molar-refractivity contribution in [3.8, 4) is 11.5 Å². The van der Waals surface area contributed by atoms with Crippen LogP contribution in [0.3, 0.4) is 0 Å². The molecule has 30 heavy (non-hydrogen) atoms. The van der Waals surface area contributed by atoms with E-state index in [0.29, 0.717) is 48.3 Å². The molecule has 1 aliphatic rings. The predicted molar refractivity (Wildman–Crippen MR) is 117 cm³/mol. The highest BCUT2D eigenvalue weighted by atomic mass is 35.5. The third-order valence-electron chi connectivity index (χ3n) is 4.74. The Labute approximate surface area is 181 Å². The van der Waals surface area contributed by atoms with Crippen LogP contribution >= 0.6 is 11.6 Å². The van der Waals surface area contributed by atoms with Crippen molar-refractivity contribution in [3.05, 3.63) is 52.5 Å². The molecule has 1 saturated heterocycles. The smallest absolute Gasteiger partial charge is 0.251 e. The summed E-state index contributed by atoms with van der Waals surface area (Å²) in [7, 11) is 1.51. The first-order valence-electron chi connectivity index (χ1n) is 9.91. The van der Waals surface area contributed by atoms with Crippen LogP contribution in [0.2, 0.25) is 5.02 Å². The van der Waals surface area contributed by atoms with Gasteiger partial charge in [0.25, 0.3) is 5.91 Å². The van der Waals surface area contributed by atoms with Crippen molar-refractivity contribution in [2.24, 2.45) is 0 Å². The molecule has 2 N–H and O–H groups in total. The molecule has 0 saturated carbocycles. The molecule has 2 aromatic carbocycles. The van der Waals surface area contributed by atoms with Crippen molar-refractivity contribution in [1.82, 2.24) is 10.6 Å². The maximum atomic E-state index is 12.6. The number of ether oxygens (including phenoxy) is 2. The highest BCUT2D eigenvalue weighted by molar-refractivity contribution is 6.32. The summed E-state index contributed by atoms with van der Waals surface area (Å²) in [6.45, 7) is 4.66. The summed E-state index contributed by atoms with van der Waals surface area (Å²) < 4.78 is 11.0. The van der Waals surface area contributed by atoms with E-state index in [4.69, 9.17) is 21.1 Å². The lowest BCUT2D eigenvalue weighted by molar-refractivity contribution is -0.120. The van der Waals surface area contributed by atoms with Gasteiger partial charge in [0, 0.05) is 30.9 Å². The third kappa shape index (κ3) is 5.36. The molecule has 2 aromatic rings. The second kappa shape index (κ2) is 10.2. The van der Waals surface area contributed by atoms with Gasteiger partial charge in [0.1, 0.15) is 0 Å². The zero-order chi connectivity index (χ0) is 21.5. The number of anilines is 1. The molecular weight excluding hydrogens is 406 g/mol. The molecule has 0 atom stereocenters. The van der Waals surface area contributed by atoms with E-state index in [1.165, 1.54) is 7.11 Å². The molecule has 0 radical (unpaired) electrons. The van der Waals surface area contributed by atoms with Crippen LogP contribution in [0.4, 0.5) is 5.69 Å². The van der Waals surface area contributed by atoms with Gasteiger partial charge in [-0.2, -0.15) is 0 Å². The van der Waals surface area contributed by atoms with E-state index >= 15 is 0 Å². The fourth-order valence-electron chi connectivity index (χ4n) is 3.16. The van der Waals surface area contributed by atoms with E-state index in [1.807, 2.05) is 36.1 Å². The predicted octanol–water partition coefficient (Wildman–Crippen LogP) is 3.00. The van der Waals surface area contributed by atoms with Crippen LogP contribution in [0, 0.1) is 0 Å². The van der Waals surface area contributed by atoms with Gasteiger partial charge in [0.05, 0.1) is 25.3 Å². The van der Waals surface area contributed by atoms with Gasteiger partial charge in [0.15, 0.2) is 11.5 Å². The molecule has 0 spiro atoms. The number of hydrogen-bond donors (Lipinski definition) is 2. The van der Waals surface area contributed by atoms with Crippen molar-refractivity contribution in [1.29, 1.82) is 0 Å². The average Bonchev–Trinajstić information content (AvgIpc) is 2.76. The van der Waals surface area contributed by atoms with E-state index in [-0.39, 0.29) is 11.8 Å². The van der Waals surface area contributed by atoms with Gasteiger partial charge in [-0.25, -0.2) is 0 Å². The standard InChI is InChI=1S/C22H26ClN3O4/c1-3-10-30-21-18(23)11-16(12-19(21)29-2)22(28)25-13-15-4-6-17(7-5-15)26-9-8-24-20(27)14-26/h4-7,11-12H,3,8-10,13-14H2,1-2H3,(H,24,27)(H,25,28). The molecular formula is C22H26ClN3O4. The van der Waals surface area contributed by atoms with Gasteiger partial charge in [-0.1, -0.05) is 30.7 Å². The molecule has 8 heteroatoms. The first kappa shape index (κ1) is 21.8. The fourth-order valence-corrected chi connectivity index (χ4v) is 3.43. The summed E-state index contributed by atoms with van der Waals surface area (Å²) in [5.74, 6) is 0.641. The number of nitrogens with one attached hydrogen (secondary N) is 2. The number of carbonyl (C=O) groups is 2. The number of hydrogen-bond acceptors (Lipinski definition) is 5. The first-order chi connectivity index (χ1) is 14.5. The highest BCUT2D eigenvalue weighted by Gasteiger charge is 2.17. The number of carbonyl (C=O) groups excluding carboxylic acids is 2. The van der Waals surface area contributed by atoms with Crippen molar-refractivity contribution >= 4 is 29.1 Å². The van der Waals surface area contributed by atoms with Crippen LogP contribution in [-0.2, 0) is 11.3 Å². The Morgan fingerprint density at radius 3 is 2.70 bits per heavy atom. The zero-order valence-electron chi connectivity index (χ0n) is 17.2. The molecule has 1 aliphatic heterocycles. The Balaban J connectivity index is 1.62. The Hall–Kier alpha value is -2.93. The molecule has 1 fully saturated rings. The lowest BCUT2D eigenvalue weighted by atomic mass is 10.1. The number of benzene rings is 2. The van der Waals surface area contributed by atoms with Gasteiger partial charge in [0.2, 0.25) is 5.91 Å². The molecule has 2 amide bonds. The van der Waals surface area contributed by atoms with Crippen molar-refractivity contribution in [2.75, 3.05) is 38.3 Å². The van der Waals surface area contributed by atoms with Gasteiger partial charge >= 0.3 is 0 Å². The van der Waals surface area contributed by atoms with E-state index in [9.17, 15) is 9.59 Å². The quantitative estimate of drug-likeness (QED) is 0.671. The Bertz CT molecular complexity index is 902. The summed E-state index contributed by atoms with van der Waals surface area (Å²) in [5, 5.41) is 6.04. The van der Waals surface area contributed by atoms with Gasteiger partial charge in [-0.05, 0) is 36.2 Å². The monoisotopic (exact) mass is 431 g/mol. The zero-order valence-corrected chi connectivity index (χ0v) is 17.9. The third-order valence-corrected chi connectivity index (χ3v) is 5.02. The van der Waals surface area contributed by atoms with Crippen molar-refractivity contribution in [3.63, 3.8) is 0 Å². The van der Waals surface area contributed by atoms with Crippen LogP contribution in [0.25, 0.3) is 0 Å². The number of rotatable bonds is 8. The van der Waals surface area contributed by atoms with Crippen LogP contribution < -0.4 is 25.0 Å². The minimum Gasteiger partial charge on any atom is -0.493 e. The van der Waals surface area contributed by atoms with Crippen LogP contribution in [0.5, 0.6) is 11.5 Å². The molecule has 7 nitrogen and oxygen atoms in total. The Morgan fingerprint density at radius 2 is 2.03 bits per heavy atom. The van der Waals surface area contributed by atoms with E-state index in [2.05, 4.69) is 10.6 Å². The highest BCUT2D eigenvalue weighted by Crippen LogP contribution is 2.36. The van der Waals surface area contributed by atoms with Crippen molar-refractivity contribution in [2.45, 2.75) is 19.9 Å². The molecule has 160 valence electrons. The minimum atomic E-state index is -0.256. The molecule has 0 unspecified atom stereocenters. The van der Waals surface area contributed by atoms with Crippen molar-refractivity contribution < 1.29 is 19.1 Å². The molecule has 0 aliphatic carbocycles. The first-order valence-corrected chi connectivity index (χ1v) is 10.3. The van der Waals surface area contributed by atoms with E-state index < -0.39 is 0 Å². The van der Waals surface area contributed by atoms with Crippen LogP contribution in [0.15, 0.2) is 36.4 Å². The number of methoxy groups -OCH3 is 1. The van der Waals surface area contributed by atoms with Crippen LogP contribution in [-0.4, -0.2) is 45.2 Å². The van der Waals surface area contributed by atoms with Gasteiger partial charge in [-0.15, -0.1) is 0 Å². The SMILES string of the molecule is CCCOc1c(Cl)cc(C(=O)NCc2ccc(N3CCNC(=O)C3)cc2)cc1OC. The number of piperazine rings is 1. The molecule has 3 rings (SSSR count). The number of amides is 2. The number of halogens is 1. The second-order valence-corrected chi connectivity index (χ2v) is 7.37.